The molecule has 0 bridgehead atoms. The van der Waals surface area contributed by atoms with Gasteiger partial charge in [0.15, 0.2) is 4.80 Å². The van der Waals surface area contributed by atoms with Crippen molar-refractivity contribution >= 4 is 27.0 Å². The molecule has 0 saturated carbocycles. The van der Waals surface area contributed by atoms with Gasteiger partial charge in [0.25, 0.3) is 0 Å². The molecular formula is C25H31N3O2S2. The summed E-state index contributed by atoms with van der Waals surface area (Å²) in [5.74, 6) is 0.755. The predicted octanol–water partition coefficient (Wildman–Crippen LogP) is 5.53. The predicted molar refractivity (Wildman–Crippen MR) is 131 cm³/mol. The summed E-state index contributed by atoms with van der Waals surface area (Å²) in [5, 5.41) is 2.08. The molecule has 1 fully saturated rings. The molecule has 1 saturated heterocycles. The normalized spacial score (nSPS) is 20.5. The van der Waals surface area contributed by atoms with Crippen LogP contribution in [0.1, 0.15) is 33.6 Å². The molecule has 2 aromatic carbocycles. The van der Waals surface area contributed by atoms with Crippen LogP contribution in [0.3, 0.4) is 0 Å². The summed E-state index contributed by atoms with van der Waals surface area (Å²) >= 11 is 1.58. The second-order valence-electron chi connectivity index (χ2n) is 8.80. The molecule has 0 spiro atoms. The van der Waals surface area contributed by atoms with Gasteiger partial charge in [0.1, 0.15) is 0 Å². The van der Waals surface area contributed by atoms with Gasteiger partial charge in [-0.25, -0.2) is 13.4 Å². The Morgan fingerprint density at radius 1 is 1.03 bits per heavy atom. The minimum absolute atomic E-state index is 0.368. The number of thiazole rings is 1. The molecule has 5 nitrogen and oxygen atoms in total. The smallest absolute Gasteiger partial charge is 0.243 e. The minimum atomic E-state index is -3.52. The summed E-state index contributed by atoms with van der Waals surface area (Å²) in [4.78, 5) is 6.11. The monoisotopic (exact) mass is 469 g/mol. The number of sulfonamides is 1. The van der Waals surface area contributed by atoms with Crippen molar-refractivity contribution < 1.29 is 8.42 Å². The second-order valence-corrected chi connectivity index (χ2v) is 11.6. The van der Waals surface area contributed by atoms with Crippen LogP contribution < -0.4 is 4.80 Å². The lowest BCUT2D eigenvalue weighted by Crippen LogP contribution is -2.42. The van der Waals surface area contributed by atoms with E-state index in [1.54, 1.807) is 21.7 Å². The Morgan fingerprint density at radius 2 is 1.75 bits per heavy atom. The van der Waals surface area contributed by atoms with Crippen molar-refractivity contribution in [1.82, 2.24) is 8.87 Å². The lowest BCUT2D eigenvalue weighted by molar-refractivity contribution is 0.222. The van der Waals surface area contributed by atoms with Gasteiger partial charge in [-0.15, -0.1) is 11.3 Å². The number of benzene rings is 2. The number of piperidine rings is 1. The minimum Gasteiger partial charge on any atom is -0.316 e. The summed E-state index contributed by atoms with van der Waals surface area (Å²) in [5.41, 5.74) is 2.82. The van der Waals surface area contributed by atoms with E-state index in [0.29, 0.717) is 29.8 Å². The summed E-state index contributed by atoms with van der Waals surface area (Å²) in [7, 11) is -3.52. The Hall–Kier alpha value is -2.22. The third-order valence-electron chi connectivity index (χ3n) is 5.83. The Balaban J connectivity index is 1.73. The highest BCUT2D eigenvalue weighted by Crippen LogP contribution is 2.29. The third-order valence-corrected chi connectivity index (χ3v) is 8.52. The maximum atomic E-state index is 13.4. The summed E-state index contributed by atoms with van der Waals surface area (Å²) in [6.45, 7) is 8.40. The van der Waals surface area contributed by atoms with Crippen molar-refractivity contribution in [3.63, 3.8) is 0 Å². The quantitative estimate of drug-likeness (QED) is 0.477. The van der Waals surface area contributed by atoms with Gasteiger partial charge in [-0.3, -0.25) is 0 Å². The van der Waals surface area contributed by atoms with Gasteiger partial charge in [0, 0.05) is 30.6 Å². The SMILES string of the molecule is CCCn1c(-c2cccc(S(=O)(=O)N3CC(C)CC(C)C3)c2)csc1=Nc1ccccc1. The van der Waals surface area contributed by atoms with E-state index in [0.717, 1.165) is 41.1 Å². The molecule has 170 valence electrons. The van der Waals surface area contributed by atoms with E-state index in [1.165, 1.54) is 0 Å². The molecule has 0 N–H and O–H groups in total. The molecule has 1 aliphatic heterocycles. The molecule has 2 heterocycles. The molecule has 2 unspecified atom stereocenters. The molecule has 1 aromatic heterocycles. The third kappa shape index (κ3) is 4.90. The molecule has 4 rings (SSSR count). The van der Waals surface area contributed by atoms with E-state index in [9.17, 15) is 8.42 Å². The van der Waals surface area contributed by atoms with Crippen LogP contribution in [0.4, 0.5) is 5.69 Å². The number of rotatable bonds is 6. The van der Waals surface area contributed by atoms with Gasteiger partial charge >= 0.3 is 0 Å². The van der Waals surface area contributed by atoms with Gasteiger partial charge in [-0.05, 0) is 48.9 Å². The van der Waals surface area contributed by atoms with Crippen molar-refractivity contribution in [1.29, 1.82) is 0 Å². The van der Waals surface area contributed by atoms with Gasteiger partial charge < -0.3 is 4.57 Å². The average Bonchev–Trinajstić information content (AvgIpc) is 3.16. The topological polar surface area (TPSA) is 54.7 Å². The molecule has 3 aromatic rings. The van der Waals surface area contributed by atoms with E-state index in [2.05, 4.69) is 30.7 Å². The first-order chi connectivity index (χ1) is 15.4. The van der Waals surface area contributed by atoms with Crippen molar-refractivity contribution in [3.8, 4) is 11.3 Å². The van der Waals surface area contributed by atoms with Crippen LogP contribution in [0.15, 0.2) is 69.9 Å². The Bertz CT molecular complexity index is 1220. The van der Waals surface area contributed by atoms with Crippen molar-refractivity contribution in [2.24, 2.45) is 16.8 Å². The summed E-state index contributed by atoms with van der Waals surface area (Å²) < 4.78 is 30.7. The zero-order valence-electron chi connectivity index (χ0n) is 18.9. The fourth-order valence-corrected chi connectivity index (χ4v) is 7.15. The van der Waals surface area contributed by atoms with Gasteiger partial charge in [-0.2, -0.15) is 4.31 Å². The van der Waals surface area contributed by atoms with Crippen LogP contribution >= 0.6 is 11.3 Å². The highest BCUT2D eigenvalue weighted by atomic mass is 32.2. The van der Waals surface area contributed by atoms with E-state index in [-0.39, 0.29) is 0 Å². The molecule has 0 aliphatic carbocycles. The Kier molecular flexibility index (Phi) is 6.98. The summed E-state index contributed by atoms with van der Waals surface area (Å²) in [6, 6.07) is 17.3. The number of aromatic nitrogens is 1. The standard InChI is InChI=1S/C25H31N3O2S2/c1-4-13-28-24(18-31-25(28)26-22-10-6-5-7-11-22)21-9-8-12-23(15-21)32(29,30)27-16-19(2)14-20(3)17-27/h5-12,15,18-20H,4,13-14,16-17H2,1-3H3. The molecule has 0 radical (unpaired) electrons. The van der Waals surface area contributed by atoms with Crippen LogP contribution in [0.25, 0.3) is 11.3 Å². The lowest BCUT2D eigenvalue weighted by Gasteiger charge is -2.34. The lowest BCUT2D eigenvalue weighted by atomic mass is 9.94. The van der Waals surface area contributed by atoms with E-state index in [4.69, 9.17) is 4.99 Å². The van der Waals surface area contributed by atoms with Crippen LogP contribution in [-0.4, -0.2) is 30.4 Å². The zero-order valence-corrected chi connectivity index (χ0v) is 20.6. The fourth-order valence-electron chi connectivity index (χ4n) is 4.47. The average molecular weight is 470 g/mol. The number of nitrogens with zero attached hydrogens (tertiary/aromatic N) is 3. The zero-order chi connectivity index (χ0) is 22.7. The van der Waals surface area contributed by atoms with Crippen LogP contribution in [0.5, 0.6) is 0 Å². The highest BCUT2D eigenvalue weighted by Gasteiger charge is 2.31. The van der Waals surface area contributed by atoms with Crippen LogP contribution in [0.2, 0.25) is 0 Å². The van der Waals surface area contributed by atoms with Gasteiger partial charge in [-0.1, -0.05) is 51.1 Å². The Morgan fingerprint density at radius 3 is 2.44 bits per heavy atom. The Labute approximate surface area is 195 Å². The number of hydrogen-bond donors (Lipinski definition) is 0. The van der Waals surface area contributed by atoms with Gasteiger partial charge in [0.2, 0.25) is 10.0 Å². The maximum absolute atomic E-state index is 13.4. The number of hydrogen-bond acceptors (Lipinski definition) is 4. The molecule has 1 aliphatic rings. The van der Waals surface area contributed by atoms with Crippen LogP contribution in [0, 0.1) is 11.8 Å². The van der Waals surface area contributed by atoms with Crippen molar-refractivity contribution in [2.45, 2.75) is 45.1 Å². The molecule has 0 amide bonds. The number of para-hydroxylation sites is 1. The van der Waals surface area contributed by atoms with E-state index >= 15 is 0 Å². The van der Waals surface area contributed by atoms with Gasteiger partial charge in [0.05, 0.1) is 16.3 Å². The highest BCUT2D eigenvalue weighted by molar-refractivity contribution is 7.89. The van der Waals surface area contributed by atoms with Crippen molar-refractivity contribution in [2.75, 3.05) is 13.1 Å². The molecule has 2 atom stereocenters. The molecule has 32 heavy (non-hydrogen) atoms. The first kappa shape index (κ1) is 23.0. The molecule has 7 heteroatoms. The first-order valence-electron chi connectivity index (χ1n) is 11.3. The second kappa shape index (κ2) is 9.73. The fraction of sp³-hybridized carbons (Fsp3) is 0.400. The van der Waals surface area contributed by atoms with Crippen LogP contribution in [-0.2, 0) is 16.6 Å². The van der Waals surface area contributed by atoms with Crippen molar-refractivity contribution in [3.05, 3.63) is 64.8 Å². The van der Waals surface area contributed by atoms with E-state index in [1.807, 2.05) is 48.5 Å². The first-order valence-corrected chi connectivity index (χ1v) is 13.6. The van der Waals surface area contributed by atoms with E-state index < -0.39 is 10.0 Å². The summed E-state index contributed by atoms with van der Waals surface area (Å²) in [6.07, 6.45) is 2.04. The maximum Gasteiger partial charge on any atom is 0.243 e. The molecular weight excluding hydrogens is 438 g/mol. The largest absolute Gasteiger partial charge is 0.316 e.